The molecule has 0 radical (unpaired) electrons. The third-order valence-electron chi connectivity index (χ3n) is 4.14. The highest BCUT2D eigenvalue weighted by Crippen LogP contribution is 2.27. The van der Waals surface area contributed by atoms with E-state index in [1.165, 1.54) is 30.5 Å². The summed E-state index contributed by atoms with van der Waals surface area (Å²) in [5.41, 5.74) is 6.33. The lowest BCUT2D eigenvalue weighted by atomic mass is 10.1. The zero-order valence-corrected chi connectivity index (χ0v) is 17.1. The fourth-order valence-electron chi connectivity index (χ4n) is 2.72. The summed E-state index contributed by atoms with van der Waals surface area (Å²) in [5, 5.41) is 2.66. The Morgan fingerprint density at radius 3 is 2.58 bits per heavy atom. The lowest BCUT2D eigenvalue weighted by molar-refractivity contribution is 0.0997. The van der Waals surface area contributed by atoms with E-state index in [1.54, 1.807) is 30.3 Å². The predicted octanol–water partition coefficient (Wildman–Crippen LogP) is 3.94. The maximum Gasteiger partial charge on any atom is 0.260 e. The van der Waals surface area contributed by atoms with Crippen LogP contribution in [0.2, 0.25) is 0 Å². The van der Waals surface area contributed by atoms with Gasteiger partial charge in [0.1, 0.15) is 29.7 Å². The monoisotopic (exact) mass is 423 g/mol. The number of nitrogens with two attached hydrogens (primary N) is 1. The molecule has 160 valence electrons. The van der Waals surface area contributed by atoms with Crippen LogP contribution in [0.25, 0.3) is 0 Å². The highest BCUT2D eigenvalue weighted by molar-refractivity contribution is 6.06. The Morgan fingerprint density at radius 1 is 1.13 bits per heavy atom. The molecule has 0 aliphatic carbocycles. The van der Waals surface area contributed by atoms with Crippen LogP contribution < -0.4 is 20.5 Å². The summed E-state index contributed by atoms with van der Waals surface area (Å²) in [5.74, 6) is -0.387. The molecule has 3 rings (SSSR count). The number of amides is 2. The van der Waals surface area contributed by atoms with Crippen molar-refractivity contribution in [3.8, 4) is 11.5 Å². The highest BCUT2D eigenvalue weighted by Gasteiger charge is 2.16. The van der Waals surface area contributed by atoms with Crippen LogP contribution in [0.5, 0.6) is 11.5 Å². The van der Waals surface area contributed by atoms with E-state index in [4.69, 9.17) is 15.2 Å². The van der Waals surface area contributed by atoms with Gasteiger partial charge in [-0.3, -0.25) is 9.59 Å². The Bertz CT molecular complexity index is 1080. The van der Waals surface area contributed by atoms with Crippen molar-refractivity contribution in [1.82, 2.24) is 4.98 Å². The van der Waals surface area contributed by atoms with Crippen LogP contribution in [-0.4, -0.2) is 22.9 Å². The standard InChI is InChI=1S/C23H22FN3O4/c1-14(2)31-20-8-7-18(30-13-15-4-3-5-17(24)10-15)11-19(20)23(29)27-21-9-6-16(12-26-21)22(25)28/h3-12,14H,13H2,1-2H3,(H2,25,28)(H,26,27,29). The number of halogens is 1. The number of anilines is 1. The normalized spacial score (nSPS) is 10.6. The molecule has 0 unspecified atom stereocenters. The number of rotatable bonds is 8. The summed E-state index contributed by atoms with van der Waals surface area (Å²) < 4.78 is 24.8. The first-order chi connectivity index (χ1) is 14.8. The Hall–Kier alpha value is -3.94. The number of carbonyl (C=O) groups excluding carboxylic acids is 2. The van der Waals surface area contributed by atoms with Crippen LogP contribution >= 0.6 is 0 Å². The molecule has 0 bridgehead atoms. The van der Waals surface area contributed by atoms with Gasteiger partial charge in [-0.25, -0.2) is 9.37 Å². The van der Waals surface area contributed by atoms with Crippen LogP contribution in [0.3, 0.4) is 0 Å². The SMILES string of the molecule is CC(C)Oc1ccc(OCc2cccc(F)c2)cc1C(=O)Nc1ccc(C(N)=O)cn1. The largest absolute Gasteiger partial charge is 0.490 e. The molecule has 0 saturated heterocycles. The molecule has 0 fully saturated rings. The number of hydrogen-bond acceptors (Lipinski definition) is 5. The third-order valence-corrected chi connectivity index (χ3v) is 4.14. The number of pyridine rings is 1. The van der Waals surface area contributed by atoms with Crippen molar-refractivity contribution < 1.29 is 23.5 Å². The number of nitrogens with one attached hydrogen (secondary N) is 1. The topological polar surface area (TPSA) is 104 Å². The lowest BCUT2D eigenvalue weighted by Crippen LogP contribution is -2.17. The summed E-state index contributed by atoms with van der Waals surface area (Å²) in [4.78, 5) is 28.1. The molecule has 3 N–H and O–H groups in total. The molecule has 1 heterocycles. The van der Waals surface area contributed by atoms with Gasteiger partial charge in [0.05, 0.1) is 17.2 Å². The van der Waals surface area contributed by atoms with Crippen LogP contribution in [0.1, 0.15) is 40.1 Å². The summed E-state index contributed by atoms with van der Waals surface area (Å²) in [7, 11) is 0. The van der Waals surface area contributed by atoms with Crippen molar-refractivity contribution >= 4 is 17.6 Å². The number of benzene rings is 2. The minimum atomic E-state index is -0.610. The molecule has 0 aliphatic heterocycles. The number of aromatic nitrogens is 1. The third kappa shape index (κ3) is 6.02. The molecule has 1 aromatic heterocycles. The first kappa shape index (κ1) is 21.8. The number of nitrogens with zero attached hydrogens (tertiary/aromatic N) is 1. The first-order valence-electron chi connectivity index (χ1n) is 9.57. The number of hydrogen-bond donors (Lipinski definition) is 2. The zero-order valence-electron chi connectivity index (χ0n) is 17.1. The minimum absolute atomic E-state index is 0.138. The lowest BCUT2D eigenvalue weighted by Gasteiger charge is -2.16. The molecular formula is C23H22FN3O4. The van der Waals surface area contributed by atoms with Crippen LogP contribution in [0, 0.1) is 5.82 Å². The molecule has 2 aromatic carbocycles. The van der Waals surface area contributed by atoms with Gasteiger partial charge in [-0.15, -0.1) is 0 Å². The van der Waals surface area contributed by atoms with E-state index in [0.29, 0.717) is 17.1 Å². The van der Waals surface area contributed by atoms with Gasteiger partial charge in [-0.1, -0.05) is 12.1 Å². The molecule has 0 spiro atoms. The minimum Gasteiger partial charge on any atom is -0.490 e. The smallest absolute Gasteiger partial charge is 0.260 e. The van der Waals surface area contributed by atoms with E-state index in [1.807, 2.05) is 13.8 Å². The van der Waals surface area contributed by atoms with Gasteiger partial charge in [0.2, 0.25) is 5.91 Å². The molecule has 31 heavy (non-hydrogen) atoms. The van der Waals surface area contributed by atoms with Gasteiger partial charge in [-0.05, 0) is 61.9 Å². The second-order valence-electron chi connectivity index (χ2n) is 6.99. The van der Waals surface area contributed by atoms with Gasteiger partial charge in [0.25, 0.3) is 5.91 Å². The van der Waals surface area contributed by atoms with Gasteiger partial charge in [0.15, 0.2) is 0 Å². The van der Waals surface area contributed by atoms with Gasteiger partial charge in [-0.2, -0.15) is 0 Å². The first-order valence-corrected chi connectivity index (χ1v) is 9.57. The van der Waals surface area contributed by atoms with Crippen molar-refractivity contribution in [2.75, 3.05) is 5.32 Å². The second-order valence-corrected chi connectivity index (χ2v) is 6.99. The van der Waals surface area contributed by atoms with Crippen molar-refractivity contribution in [3.05, 3.63) is 83.3 Å². The molecule has 0 atom stereocenters. The van der Waals surface area contributed by atoms with Gasteiger partial charge >= 0.3 is 0 Å². The van der Waals surface area contributed by atoms with Crippen molar-refractivity contribution in [1.29, 1.82) is 0 Å². The zero-order chi connectivity index (χ0) is 22.4. The fourth-order valence-corrected chi connectivity index (χ4v) is 2.72. The number of primary amides is 1. The number of carbonyl (C=O) groups is 2. The predicted molar refractivity (Wildman–Crippen MR) is 114 cm³/mol. The quantitative estimate of drug-likeness (QED) is 0.571. The highest BCUT2D eigenvalue weighted by atomic mass is 19.1. The molecule has 3 aromatic rings. The molecule has 8 heteroatoms. The van der Waals surface area contributed by atoms with Gasteiger partial charge < -0.3 is 20.5 Å². The van der Waals surface area contributed by atoms with E-state index in [-0.39, 0.29) is 35.5 Å². The van der Waals surface area contributed by atoms with E-state index in [9.17, 15) is 14.0 Å². The van der Waals surface area contributed by atoms with E-state index < -0.39 is 11.8 Å². The molecule has 2 amide bonds. The van der Waals surface area contributed by atoms with E-state index >= 15 is 0 Å². The summed E-state index contributed by atoms with van der Waals surface area (Å²) in [6.45, 7) is 3.83. The second kappa shape index (κ2) is 9.71. The average molecular weight is 423 g/mol. The van der Waals surface area contributed by atoms with Crippen molar-refractivity contribution in [2.24, 2.45) is 5.73 Å². The Morgan fingerprint density at radius 2 is 1.94 bits per heavy atom. The van der Waals surface area contributed by atoms with Crippen molar-refractivity contribution in [2.45, 2.75) is 26.6 Å². The van der Waals surface area contributed by atoms with E-state index in [0.717, 1.165) is 0 Å². The maximum absolute atomic E-state index is 13.4. The summed E-state index contributed by atoms with van der Waals surface area (Å²) in [6, 6.07) is 13.9. The Kier molecular flexibility index (Phi) is 6.81. The molecule has 0 aliphatic rings. The van der Waals surface area contributed by atoms with Crippen molar-refractivity contribution in [3.63, 3.8) is 0 Å². The summed E-state index contributed by atoms with van der Waals surface area (Å²) >= 11 is 0. The van der Waals surface area contributed by atoms with E-state index in [2.05, 4.69) is 10.3 Å². The Balaban J connectivity index is 1.80. The van der Waals surface area contributed by atoms with Crippen LogP contribution in [0.15, 0.2) is 60.8 Å². The molecule has 7 nitrogen and oxygen atoms in total. The maximum atomic E-state index is 13.4. The molecular weight excluding hydrogens is 401 g/mol. The Labute approximate surface area is 179 Å². The van der Waals surface area contributed by atoms with Crippen LogP contribution in [0.4, 0.5) is 10.2 Å². The fraction of sp³-hybridized carbons (Fsp3) is 0.174. The molecule has 0 saturated carbocycles. The van der Waals surface area contributed by atoms with Crippen LogP contribution in [-0.2, 0) is 6.61 Å². The number of ether oxygens (including phenoxy) is 2. The van der Waals surface area contributed by atoms with Gasteiger partial charge in [0, 0.05) is 6.20 Å². The average Bonchev–Trinajstić information content (AvgIpc) is 2.73. The summed E-state index contributed by atoms with van der Waals surface area (Å²) in [6.07, 6.45) is 1.13.